The Morgan fingerprint density at radius 2 is 1.67 bits per heavy atom. The Morgan fingerprint density at radius 3 is 2.29 bits per heavy atom. The van der Waals surface area contributed by atoms with Gasteiger partial charge in [-0.3, -0.25) is 9.69 Å². The number of ether oxygens (including phenoxy) is 1. The molecule has 1 amide bonds. The number of amides is 1. The number of carbonyl (C=O) groups is 1. The number of hydrogen-bond acceptors (Lipinski definition) is 5. The van der Waals surface area contributed by atoms with Crippen molar-refractivity contribution in [3.05, 3.63) is 0 Å². The molecular formula is C15H28N4O4S. The standard InChI is InChI=1S/C15H28N4O4S/c20-15(16-12-14-4-3-11-23-14)13-17-7-9-19(10-8-17)24(21,22)18-5-1-2-6-18/h14H,1-13H2,(H,16,20)/t14-/m0/s1. The molecule has 3 fully saturated rings. The summed E-state index contributed by atoms with van der Waals surface area (Å²) in [6.45, 7) is 5.05. The lowest BCUT2D eigenvalue weighted by Crippen LogP contribution is -2.54. The van der Waals surface area contributed by atoms with Crippen LogP contribution in [-0.4, -0.2) is 92.9 Å². The van der Waals surface area contributed by atoms with Crippen LogP contribution in [0.5, 0.6) is 0 Å². The summed E-state index contributed by atoms with van der Waals surface area (Å²) in [6, 6.07) is 0. The van der Waals surface area contributed by atoms with Gasteiger partial charge in [0.2, 0.25) is 5.91 Å². The molecule has 3 heterocycles. The molecule has 0 aromatic heterocycles. The molecule has 3 aliphatic rings. The topological polar surface area (TPSA) is 82.2 Å². The molecular weight excluding hydrogens is 332 g/mol. The minimum Gasteiger partial charge on any atom is -0.376 e. The van der Waals surface area contributed by atoms with Crippen LogP contribution in [0.2, 0.25) is 0 Å². The van der Waals surface area contributed by atoms with Crippen LogP contribution in [-0.2, 0) is 19.7 Å². The van der Waals surface area contributed by atoms with Crippen LogP contribution in [0.15, 0.2) is 0 Å². The molecule has 0 aromatic rings. The van der Waals surface area contributed by atoms with Crippen molar-refractivity contribution < 1.29 is 17.9 Å². The van der Waals surface area contributed by atoms with E-state index in [1.54, 1.807) is 8.61 Å². The van der Waals surface area contributed by atoms with Crippen molar-refractivity contribution in [1.29, 1.82) is 0 Å². The number of rotatable bonds is 6. The lowest BCUT2D eigenvalue weighted by Gasteiger charge is -2.35. The van der Waals surface area contributed by atoms with Gasteiger partial charge in [-0.15, -0.1) is 0 Å². The third kappa shape index (κ3) is 4.45. The molecule has 0 unspecified atom stereocenters. The Kier molecular flexibility index (Phi) is 6.09. The summed E-state index contributed by atoms with van der Waals surface area (Å²) in [5.41, 5.74) is 0. The average molecular weight is 360 g/mol. The second-order valence-electron chi connectivity index (χ2n) is 6.73. The van der Waals surface area contributed by atoms with Gasteiger partial charge in [-0.2, -0.15) is 17.0 Å². The van der Waals surface area contributed by atoms with Crippen LogP contribution in [0.1, 0.15) is 25.7 Å². The Morgan fingerprint density at radius 1 is 1.00 bits per heavy atom. The van der Waals surface area contributed by atoms with Gasteiger partial charge in [0, 0.05) is 52.4 Å². The summed E-state index contributed by atoms with van der Waals surface area (Å²) in [4.78, 5) is 14.0. The molecule has 24 heavy (non-hydrogen) atoms. The molecule has 0 aromatic carbocycles. The fourth-order valence-electron chi connectivity index (χ4n) is 3.49. The van der Waals surface area contributed by atoms with E-state index in [0.29, 0.717) is 52.4 Å². The zero-order chi connectivity index (χ0) is 17.0. The van der Waals surface area contributed by atoms with E-state index in [1.807, 2.05) is 4.90 Å². The summed E-state index contributed by atoms with van der Waals surface area (Å²) in [5.74, 6) is -0.0126. The summed E-state index contributed by atoms with van der Waals surface area (Å²) >= 11 is 0. The van der Waals surface area contributed by atoms with Crippen molar-refractivity contribution in [2.24, 2.45) is 0 Å². The minimum absolute atomic E-state index is 0.0126. The van der Waals surface area contributed by atoms with E-state index >= 15 is 0 Å². The summed E-state index contributed by atoms with van der Waals surface area (Å²) in [5, 5.41) is 2.91. The van der Waals surface area contributed by atoms with Crippen molar-refractivity contribution in [3.63, 3.8) is 0 Å². The molecule has 8 nitrogen and oxygen atoms in total. The lowest BCUT2D eigenvalue weighted by molar-refractivity contribution is -0.123. The number of nitrogens with one attached hydrogen (secondary N) is 1. The van der Waals surface area contributed by atoms with Crippen LogP contribution in [0.25, 0.3) is 0 Å². The lowest BCUT2D eigenvalue weighted by atomic mass is 10.2. The fourth-order valence-corrected chi connectivity index (χ4v) is 5.16. The predicted molar refractivity (Wildman–Crippen MR) is 89.7 cm³/mol. The van der Waals surface area contributed by atoms with Gasteiger partial charge < -0.3 is 10.1 Å². The van der Waals surface area contributed by atoms with Gasteiger partial charge in [0.25, 0.3) is 10.2 Å². The van der Waals surface area contributed by atoms with E-state index in [-0.39, 0.29) is 12.0 Å². The van der Waals surface area contributed by atoms with Gasteiger partial charge in [-0.05, 0) is 25.7 Å². The van der Waals surface area contributed by atoms with E-state index in [0.717, 1.165) is 32.3 Å². The van der Waals surface area contributed by atoms with Crippen molar-refractivity contribution >= 4 is 16.1 Å². The number of piperazine rings is 1. The van der Waals surface area contributed by atoms with E-state index in [2.05, 4.69) is 5.32 Å². The number of carbonyl (C=O) groups excluding carboxylic acids is 1. The Hall–Kier alpha value is -0.740. The third-order valence-electron chi connectivity index (χ3n) is 4.97. The van der Waals surface area contributed by atoms with Crippen molar-refractivity contribution in [1.82, 2.24) is 18.8 Å². The molecule has 1 atom stereocenters. The highest BCUT2D eigenvalue weighted by Crippen LogP contribution is 2.18. The molecule has 0 radical (unpaired) electrons. The van der Waals surface area contributed by atoms with Crippen LogP contribution in [0, 0.1) is 0 Å². The molecule has 0 aliphatic carbocycles. The number of hydrogen-bond donors (Lipinski definition) is 1. The number of nitrogens with zero attached hydrogens (tertiary/aromatic N) is 3. The van der Waals surface area contributed by atoms with Gasteiger partial charge in [0.1, 0.15) is 0 Å². The first-order chi connectivity index (χ1) is 11.6. The molecule has 9 heteroatoms. The van der Waals surface area contributed by atoms with Gasteiger partial charge >= 0.3 is 0 Å². The first kappa shape index (κ1) is 18.1. The van der Waals surface area contributed by atoms with Gasteiger partial charge in [0.05, 0.1) is 12.6 Å². The van der Waals surface area contributed by atoms with Crippen LogP contribution in [0.3, 0.4) is 0 Å². The Balaban J connectivity index is 1.39. The van der Waals surface area contributed by atoms with E-state index in [1.165, 1.54) is 0 Å². The quantitative estimate of drug-likeness (QED) is 0.673. The molecule has 0 bridgehead atoms. The maximum atomic E-state index is 12.5. The van der Waals surface area contributed by atoms with Gasteiger partial charge in [0.15, 0.2) is 0 Å². The van der Waals surface area contributed by atoms with Crippen LogP contribution in [0.4, 0.5) is 0 Å². The summed E-state index contributed by atoms with van der Waals surface area (Å²) in [6.07, 6.45) is 4.12. The monoisotopic (exact) mass is 360 g/mol. The molecule has 3 aliphatic heterocycles. The summed E-state index contributed by atoms with van der Waals surface area (Å²) < 4.78 is 33.6. The average Bonchev–Trinajstić information content (AvgIpc) is 3.27. The Bertz CT molecular complexity index is 522. The van der Waals surface area contributed by atoms with Gasteiger partial charge in [-0.25, -0.2) is 0 Å². The van der Waals surface area contributed by atoms with Crippen molar-refractivity contribution in [2.75, 3.05) is 59.0 Å². The van der Waals surface area contributed by atoms with Crippen LogP contribution >= 0.6 is 0 Å². The van der Waals surface area contributed by atoms with Crippen LogP contribution < -0.4 is 5.32 Å². The van der Waals surface area contributed by atoms with E-state index in [9.17, 15) is 13.2 Å². The predicted octanol–water partition coefficient (Wildman–Crippen LogP) is -0.760. The fraction of sp³-hybridized carbons (Fsp3) is 0.933. The van der Waals surface area contributed by atoms with Crippen molar-refractivity contribution in [3.8, 4) is 0 Å². The minimum atomic E-state index is -3.31. The Labute approximate surface area is 144 Å². The normalized spacial score (nSPS) is 27.6. The molecule has 3 saturated heterocycles. The zero-order valence-electron chi connectivity index (χ0n) is 14.2. The SMILES string of the molecule is O=C(CN1CCN(S(=O)(=O)N2CCCC2)CC1)NC[C@@H]1CCCO1. The molecule has 0 spiro atoms. The highest BCUT2D eigenvalue weighted by Gasteiger charge is 2.34. The second-order valence-corrected chi connectivity index (χ2v) is 8.66. The van der Waals surface area contributed by atoms with Gasteiger partial charge in [-0.1, -0.05) is 0 Å². The molecule has 0 saturated carbocycles. The maximum Gasteiger partial charge on any atom is 0.282 e. The molecule has 138 valence electrons. The molecule has 1 N–H and O–H groups in total. The maximum absolute atomic E-state index is 12.5. The van der Waals surface area contributed by atoms with E-state index < -0.39 is 10.2 Å². The highest BCUT2D eigenvalue weighted by atomic mass is 32.2. The summed E-state index contributed by atoms with van der Waals surface area (Å²) in [7, 11) is -3.31. The second kappa shape index (κ2) is 8.09. The zero-order valence-corrected chi connectivity index (χ0v) is 15.0. The highest BCUT2D eigenvalue weighted by molar-refractivity contribution is 7.86. The van der Waals surface area contributed by atoms with E-state index in [4.69, 9.17) is 4.74 Å². The molecule has 3 rings (SSSR count). The smallest absolute Gasteiger partial charge is 0.282 e. The first-order valence-electron chi connectivity index (χ1n) is 8.91. The largest absolute Gasteiger partial charge is 0.376 e. The third-order valence-corrected chi connectivity index (χ3v) is 7.00. The van der Waals surface area contributed by atoms with Crippen molar-refractivity contribution in [2.45, 2.75) is 31.8 Å². The first-order valence-corrected chi connectivity index (χ1v) is 10.3.